The molecule has 248 valence electrons. The van der Waals surface area contributed by atoms with Crippen molar-refractivity contribution in [3.8, 4) is 0 Å². The Morgan fingerprint density at radius 3 is 1.07 bits per heavy atom. The predicted octanol–water partition coefficient (Wildman–Crippen LogP) is 12.7. The second-order valence-electron chi connectivity index (χ2n) is 13.2. The van der Waals surface area contributed by atoms with Crippen LogP contribution in [0.5, 0.6) is 0 Å². The summed E-state index contributed by atoms with van der Waals surface area (Å²) in [7, 11) is 0. The molecular weight excluding hydrogens is 520 g/mol. The van der Waals surface area contributed by atoms with Gasteiger partial charge in [0, 0.05) is 12.8 Å². The van der Waals surface area contributed by atoms with E-state index in [1.807, 2.05) is 0 Å². The molecule has 42 heavy (non-hydrogen) atoms. The summed E-state index contributed by atoms with van der Waals surface area (Å²) < 4.78 is 0. The van der Waals surface area contributed by atoms with Crippen LogP contribution >= 0.6 is 0 Å². The molecule has 0 bridgehead atoms. The minimum atomic E-state index is -0.664. The molecule has 4 nitrogen and oxygen atoms in total. The predicted molar refractivity (Wildman–Crippen MR) is 181 cm³/mol. The second-order valence-corrected chi connectivity index (χ2v) is 13.2. The van der Waals surface area contributed by atoms with Crippen LogP contribution in [0.2, 0.25) is 0 Å². The van der Waals surface area contributed by atoms with Crippen LogP contribution in [0.25, 0.3) is 0 Å². The third-order valence-electron chi connectivity index (χ3n) is 9.23. The summed E-state index contributed by atoms with van der Waals surface area (Å²) in [5.74, 6) is 0.156. The Bertz CT molecular complexity index is 602. The Morgan fingerprint density at radius 2 is 0.762 bits per heavy atom. The average molecular weight is 593 g/mol. The van der Waals surface area contributed by atoms with Crippen molar-refractivity contribution in [1.29, 1.82) is 0 Å². The Morgan fingerprint density at radius 1 is 0.476 bits per heavy atom. The van der Waals surface area contributed by atoms with E-state index >= 15 is 0 Å². The van der Waals surface area contributed by atoms with Crippen molar-refractivity contribution in [2.24, 2.45) is 11.8 Å². The van der Waals surface area contributed by atoms with Crippen LogP contribution in [0.4, 0.5) is 0 Å². The van der Waals surface area contributed by atoms with Gasteiger partial charge in [0.15, 0.2) is 0 Å². The number of rotatable bonds is 35. The fraction of sp³-hybridized carbons (Fsp3) is 0.895. The van der Waals surface area contributed by atoms with Gasteiger partial charge < -0.3 is 10.2 Å². The number of hydrogen-bond donors (Lipinski definition) is 2. The third-order valence-corrected chi connectivity index (χ3v) is 9.23. The maximum atomic E-state index is 10.6. The van der Waals surface area contributed by atoms with E-state index in [2.05, 4.69) is 19.6 Å². The molecule has 0 rings (SSSR count). The van der Waals surface area contributed by atoms with Gasteiger partial charge in [-0.3, -0.25) is 9.59 Å². The molecule has 0 heterocycles. The zero-order chi connectivity index (χ0) is 30.9. The fourth-order valence-corrected chi connectivity index (χ4v) is 6.47. The van der Waals surface area contributed by atoms with Crippen molar-refractivity contribution in [2.45, 2.75) is 206 Å². The highest BCUT2D eigenvalue weighted by molar-refractivity contribution is 5.66. The first-order valence-electron chi connectivity index (χ1n) is 18.6. The molecule has 0 aromatic rings. The number of hydrogen-bond acceptors (Lipinski definition) is 2. The van der Waals surface area contributed by atoms with Crippen molar-refractivity contribution < 1.29 is 19.8 Å². The van der Waals surface area contributed by atoms with Gasteiger partial charge in [0.1, 0.15) is 0 Å². The summed E-state index contributed by atoms with van der Waals surface area (Å²) in [4.78, 5) is 21.2. The van der Waals surface area contributed by atoms with Gasteiger partial charge in [-0.1, -0.05) is 167 Å². The van der Waals surface area contributed by atoms with Gasteiger partial charge in [-0.15, -0.1) is 6.58 Å². The highest BCUT2D eigenvalue weighted by atomic mass is 16.4. The number of allylic oxidation sites excluding steroid dienone is 1. The summed E-state index contributed by atoms with van der Waals surface area (Å²) in [6.07, 6.45) is 40.1. The largest absolute Gasteiger partial charge is 0.481 e. The van der Waals surface area contributed by atoms with Crippen molar-refractivity contribution in [3.05, 3.63) is 12.7 Å². The van der Waals surface area contributed by atoms with Crippen LogP contribution in [0.15, 0.2) is 12.7 Å². The summed E-state index contributed by atoms with van der Waals surface area (Å²) in [5, 5.41) is 17.5. The van der Waals surface area contributed by atoms with Crippen molar-refractivity contribution in [2.75, 3.05) is 0 Å². The Balaban J connectivity index is 4.19. The molecule has 0 fully saturated rings. The summed E-state index contributed by atoms with van der Waals surface area (Å²) in [5.41, 5.74) is 0. The SMILES string of the molecule is C=CC(CCCCCCCCCCCC(=O)O)C(CCCCCCCCCC)CCCCCCCCCCCC(=O)O. The number of carboxylic acid groups (broad SMARTS) is 2. The van der Waals surface area contributed by atoms with Crippen LogP contribution in [0.1, 0.15) is 206 Å². The smallest absolute Gasteiger partial charge is 0.303 e. The van der Waals surface area contributed by atoms with Crippen LogP contribution in [-0.2, 0) is 9.59 Å². The normalized spacial score (nSPS) is 12.8. The zero-order valence-electron chi connectivity index (χ0n) is 28.1. The lowest BCUT2D eigenvalue weighted by molar-refractivity contribution is -0.138. The van der Waals surface area contributed by atoms with Crippen LogP contribution < -0.4 is 0 Å². The first-order valence-corrected chi connectivity index (χ1v) is 18.6. The Hall–Kier alpha value is -1.32. The van der Waals surface area contributed by atoms with E-state index in [4.69, 9.17) is 10.2 Å². The van der Waals surface area contributed by atoms with E-state index in [-0.39, 0.29) is 0 Å². The van der Waals surface area contributed by atoms with E-state index in [0.717, 1.165) is 31.6 Å². The van der Waals surface area contributed by atoms with Crippen LogP contribution in [-0.4, -0.2) is 22.2 Å². The molecule has 4 heteroatoms. The number of carboxylic acids is 2. The molecule has 0 amide bonds. The molecule has 0 aliphatic carbocycles. The highest BCUT2D eigenvalue weighted by Crippen LogP contribution is 2.31. The molecule has 0 saturated carbocycles. The third kappa shape index (κ3) is 30.1. The summed E-state index contributed by atoms with van der Waals surface area (Å²) >= 11 is 0. The van der Waals surface area contributed by atoms with E-state index in [1.165, 1.54) is 161 Å². The highest BCUT2D eigenvalue weighted by Gasteiger charge is 2.18. The van der Waals surface area contributed by atoms with Gasteiger partial charge in [-0.2, -0.15) is 0 Å². The van der Waals surface area contributed by atoms with Gasteiger partial charge in [0.25, 0.3) is 0 Å². The first kappa shape index (κ1) is 40.7. The minimum Gasteiger partial charge on any atom is -0.481 e. The standard InChI is InChI=1S/C38H72O4/c1-3-5-6-7-8-15-21-26-31-36(32-27-22-17-12-10-14-19-24-29-34-38(41)42)35(4-2)30-25-20-16-11-9-13-18-23-28-33-37(39)40/h4,35-36H,2-3,5-34H2,1H3,(H,39,40)(H,41,42). The van der Waals surface area contributed by atoms with Crippen molar-refractivity contribution >= 4 is 11.9 Å². The molecule has 0 aromatic carbocycles. The second kappa shape index (κ2) is 32.6. The van der Waals surface area contributed by atoms with Gasteiger partial charge in [-0.25, -0.2) is 0 Å². The molecule has 2 unspecified atom stereocenters. The molecular formula is C38H72O4. The summed E-state index contributed by atoms with van der Waals surface area (Å²) in [6.45, 7) is 6.57. The molecule has 0 spiro atoms. The maximum absolute atomic E-state index is 10.6. The molecule has 0 radical (unpaired) electrons. The number of carbonyl (C=O) groups is 2. The lowest BCUT2D eigenvalue weighted by Gasteiger charge is -2.25. The first-order chi connectivity index (χ1) is 20.5. The fourth-order valence-electron chi connectivity index (χ4n) is 6.47. The molecule has 2 N–H and O–H groups in total. The van der Waals surface area contributed by atoms with E-state index < -0.39 is 11.9 Å². The zero-order valence-corrected chi connectivity index (χ0v) is 28.1. The van der Waals surface area contributed by atoms with Crippen molar-refractivity contribution in [3.63, 3.8) is 0 Å². The minimum absolute atomic E-state index is 0.323. The quantitative estimate of drug-likeness (QED) is 0.0567. The van der Waals surface area contributed by atoms with Crippen molar-refractivity contribution in [1.82, 2.24) is 0 Å². The van der Waals surface area contributed by atoms with E-state index in [9.17, 15) is 9.59 Å². The van der Waals surface area contributed by atoms with Crippen LogP contribution in [0.3, 0.4) is 0 Å². The molecule has 0 aromatic heterocycles. The molecule has 2 atom stereocenters. The lowest BCUT2D eigenvalue weighted by Crippen LogP contribution is -2.13. The lowest BCUT2D eigenvalue weighted by atomic mass is 9.80. The van der Waals surface area contributed by atoms with Gasteiger partial charge in [0.2, 0.25) is 0 Å². The maximum Gasteiger partial charge on any atom is 0.303 e. The Labute approximate surface area is 261 Å². The number of unbranched alkanes of at least 4 members (excludes halogenated alkanes) is 23. The van der Waals surface area contributed by atoms with E-state index in [1.54, 1.807) is 0 Å². The monoisotopic (exact) mass is 593 g/mol. The molecule has 0 aliphatic heterocycles. The van der Waals surface area contributed by atoms with Gasteiger partial charge in [-0.05, 0) is 43.9 Å². The number of aliphatic carboxylic acids is 2. The topological polar surface area (TPSA) is 74.6 Å². The molecule has 0 saturated heterocycles. The molecule has 0 aliphatic rings. The van der Waals surface area contributed by atoms with Gasteiger partial charge >= 0.3 is 11.9 Å². The average Bonchev–Trinajstić information content (AvgIpc) is 2.96. The van der Waals surface area contributed by atoms with Gasteiger partial charge in [0.05, 0.1) is 0 Å². The van der Waals surface area contributed by atoms with Crippen LogP contribution in [0, 0.1) is 11.8 Å². The van der Waals surface area contributed by atoms with E-state index in [0.29, 0.717) is 18.8 Å². The summed E-state index contributed by atoms with van der Waals surface area (Å²) in [6, 6.07) is 0. The Kier molecular flexibility index (Phi) is 31.6.